The molecule has 0 spiro atoms. The zero-order valence-electron chi connectivity index (χ0n) is 14.3. The Morgan fingerprint density at radius 2 is 2.00 bits per heavy atom. The Labute approximate surface area is 154 Å². The molecule has 136 valence electrons. The molecule has 0 unspecified atom stereocenters. The molecule has 25 heavy (non-hydrogen) atoms. The number of aliphatic carboxylic acids is 1. The summed E-state index contributed by atoms with van der Waals surface area (Å²) < 4.78 is 0.651. The minimum absolute atomic E-state index is 0.0469. The normalized spacial score (nSPS) is 16.5. The molecule has 0 bridgehead atoms. The highest BCUT2D eigenvalue weighted by Crippen LogP contribution is 2.47. The molecule has 8 heteroatoms. The Bertz CT molecular complexity index is 732. The molecule has 2 amide bonds. The van der Waals surface area contributed by atoms with Crippen LogP contribution in [-0.2, 0) is 19.8 Å². The van der Waals surface area contributed by atoms with E-state index in [2.05, 4.69) is 21.2 Å². The Hall–Kier alpha value is -2.09. The molecule has 0 saturated carbocycles. The fourth-order valence-corrected chi connectivity index (χ4v) is 3.37. The van der Waals surface area contributed by atoms with Gasteiger partial charge in [-0.3, -0.25) is 19.3 Å². The van der Waals surface area contributed by atoms with Crippen LogP contribution in [0.3, 0.4) is 0 Å². The molecule has 0 aromatic heterocycles. The lowest BCUT2D eigenvalue weighted by atomic mass is 9.86. The first kappa shape index (κ1) is 19.2. The van der Waals surface area contributed by atoms with E-state index in [1.165, 1.54) is 11.0 Å². The summed E-state index contributed by atoms with van der Waals surface area (Å²) in [6.07, 6.45) is 0.254. The third kappa shape index (κ3) is 3.95. The Morgan fingerprint density at radius 1 is 1.36 bits per heavy atom. The first-order chi connectivity index (χ1) is 11.5. The highest BCUT2D eigenvalue weighted by atomic mass is 79.9. The number of amides is 2. The van der Waals surface area contributed by atoms with Crippen LogP contribution in [-0.4, -0.2) is 40.6 Å². The van der Waals surface area contributed by atoms with Crippen LogP contribution in [0, 0.1) is 0 Å². The number of nitrogens with one attached hydrogen (secondary N) is 1. The van der Waals surface area contributed by atoms with E-state index < -0.39 is 17.3 Å². The van der Waals surface area contributed by atoms with Crippen molar-refractivity contribution in [1.82, 2.24) is 5.32 Å². The number of anilines is 1. The number of hydrogen-bond acceptors (Lipinski definition) is 4. The Morgan fingerprint density at radius 3 is 2.60 bits per heavy atom. The Kier molecular flexibility index (Phi) is 5.41. The lowest BCUT2D eigenvalue weighted by Gasteiger charge is -2.21. The summed E-state index contributed by atoms with van der Waals surface area (Å²) in [5.74, 6) is -1.68. The van der Waals surface area contributed by atoms with E-state index in [0.29, 0.717) is 22.1 Å². The van der Waals surface area contributed by atoms with Gasteiger partial charge in [-0.15, -0.1) is 0 Å². The molecule has 7 nitrogen and oxygen atoms in total. The van der Waals surface area contributed by atoms with Gasteiger partial charge in [0.15, 0.2) is 0 Å². The molecule has 3 N–H and O–H groups in total. The summed E-state index contributed by atoms with van der Waals surface area (Å²) >= 11 is 3.30. The van der Waals surface area contributed by atoms with Crippen molar-refractivity contribution in [2.24, 2.45) is 0 Å². The van der Waals surface area contributed by atoms with Gasteiger partial charge >= 0.3 is 5.97 Å². The summed E-state index contributed by atoms with van der Waals surface area (Å²) in [5, 5.41) is 21.6. The van der Waals surface area contributed by atoms with Crippen LogP contribution in [0.5, 0.6) is 5.75 Å². The summed E-state index contributed by atoms with van der Waals surface area (Å²) in [4.78, 5) is 36.8. The maximum atomic E-state index is 12.7. The van der Waals surface area contributed by atoms with Gasteiger partial charge in [0.1, 0.15) is 12.3 Å². The van der Waals surface area contributed by atoms with Crippen molar-refractivity contribution < 1.29 is 24.6 Å². The number of carbonyl (C=O) groups excluding carboxylic acids is 2. The maximum Gasteiger partial charge on any atom is 0.303 e. The molecule has 1 atom stereocenters. The third-order valence-corrected chi connectivity index (χ3v) is 4.74. The fraction of sp³-hybridized carbons (Fsp3) is 0.471. The first-order valence-corrected chi connectivity index (χ1v) is 8.69. The molecule has 1 aliphatic heterocycles. The second-order valence-corrected chi connectivity index (χ2v) is 7.65. The van der Waals surface area contributed by atoms with Gasteiger partial charge in [-0.1, -0.05) is 15.9 Å². The number of halogens is 1. The van der Waals surface area contributed by atoms with Crippen molar-refractivity contribution >= 4 is 39.4 Å². The fourth-order valence-electron chi connectivity index (χ4n) is 2.93. The lowest BCUT2D eigenvalue weighted by molar-refractivity contribution is -0.137. The number of fused-ring (bicyclic) bond motifs is 1. The number of carboxylic acids is 1. The molecule has 0 radical (unpaired) electrons. The van der Waals surface area contributed by atoms with Crippen LogP contribution in [0.25, 0.3) is 0 Å². The SMILES string of the molecule is C[C@@H](CCC(=O)O)NC(=O)CN1C(=O)C(C)(C)c2cc(Br)cc(O)c21. The van der Waals surface area contributed by atoms with Crippen molar-refractivity contribution in [3.8, 4) is 5.75 Å². The molecule has 0 fully saturated rings. The number of rotatable bonds is 6. The number of aromatic hydroxyl groups is 1. The molecule has 1 aromatic carbocycles. The Balaban J connectivity index is 2.17. The van der Waals surface area contributed by atoms with Crippen molar-refractivity contribution in [2.75, 3.05) is 11.4 Å². The maximum absolute atomic E-state index is 12.7. The van der Waals surface area contributed by atoms with Gasteiger partial charge in [0.2, 0.25) is 11.8 Å². The van der Waals surface area contributed by atoms with Crippen LogP contribution in [0.1, 0.15) is 39.2 Å². The average molecular weight is 413 g/mol. The standard InChI is InChI=1S/C17H21BrN2O5/c1-9(4-5-14(23)24)19-13(22)8-20-15-11(17(2,3)16(20)25)6-10(18)7-12(15)21/h6-7,9,21H,4-5,8H2,1-3H3,(H,19,22)(H,23,24)/t9-/m0/s1. The van der Waals surface area contributed by atoms with E-state index in [0.717, 1.165) is 0 Å². The summed E-state index contributed by atoms with van der Waals surface area (Å²) in [6.45, 7) is 4.96. The second kappa shape index (κ2) is 7.03. The topological polar surface area (TPSA) is 107 Å². The number of phenols is 1. The zero-order chi connectivity index (χ0) is 18.9. The van der Waals surface area contributed by atoms with Crippen LogP contribution < -0.4 is 10.2 Å². The van der Waals surface area contributed by atoms with Crippen LogP contribution in [0.15, 0.2) is 16.6 Å². The van der Waals surface area contributed by atoms with Crippen molar-refractivity contribution in [2.45, 2.75) is 45.1 Å². The van der Waals surface area contributed by atoms with Crippen molar-refractivity contribution in [3.63, 3.8) is 0 Å². The number of benzene rings is 1. The second-order valence-electron chi connectivity index (χ2n) is 6.74. The van der Waals surface area contributed by atoms with E-state index >= 15 is 0 Å². The highest BCUT2D eigenvalue weighted by Gasteiger charge is 2.46. The number of carbonyl (C=O) groups is 3. The summed E-state index contributed by atoms with van der Waals surface area (Å²) in [6, 6.07) is 2.92. The minimum atomic E-state index is -0.929. The van der Waals surface area contributed by atoms with Crippen LogP contribution >= 0.6 is 15.9 Å². The molecule has 1 heterocycles. The van der Waals surface area contributed by atoms with E-state index in [1.54, 1.807) is 26.8 Å². The predicted molar refractivity (Wildman–Crippen MR) is 95.7 cm³/mol. The number of carboxylic acid groups (broad SMARTS) is 1. The molecule has 2 rings (SSSR count). The monoisotopic (exact) mass is 412 g/mol. The van der Waals surface area contributed by atoms with E-state index in [1.807, 2.05) is 0 Å². The molecule has 0 aliphatic carbocycles. The number of nitrogens with zero attached hydrogens (tertiary/aromatic N) is 1. The van der Waals surface area contributed by atoms with Crippen LogP contribution in [0.2, 0.25) is 0 Å². The van der Waals surface area contributed by atoms with Gasteiger partial charge < -0.3 is 15.5 Å². The first-order valence-electron chi connectivity index (χ1n) is 7.90. The predicted octanol–water partition coefficient (Wildman–Crippen LogP) is 2.15. The largest absolute Gasteiger partial charge is 0.506 e. The van der Waals surface area contributed by atoms with Crippen LogP contribution in [0.4, 0.5) is 5.69 Å². The highest BCUT2D eigenvalue weighted by molar-refractivity contribution is 9.10. The smallest absolute Gasteiger partial charge is 0.303 e. The van der Waals surface area contributed by atoms with Gasteiger partial charge in [0, 0.05) is 16.9 Å². The minimum Gasteiger partial charge on any atom is -0.506 e. The van der Waals surface area contributed by atoms with Gasteiger partial charge in [0.05, 0.1) is 11.1 Å². The van der Waals surface area contributed by atoms with Gasteiger partial charge in [-0.2, -0.15) is 0 Å². The zero-order valence-corrected chi connectivity index (χ0v) is 15.9. The van der Waals surface area contributed by atoms with E-state index in [-0.39, 0.29) is 30.7 Å². The molecular weight excluding hydrogens is 392 g/mol. The summed E-state index contributed by atoms with van der Waals surface area (Å²) in [5.41, 5.74) is 0.133. The van der Waals surface area contributed by atoms with Gasteiger partial charge in [-0.25, -0.2) is 0 Å². The number of phenolic OH excluding ortho intramolecular Hbond substituents is 1. The molecule has 1 aliphatic rings. The molecule has 1 aromatic rings. The third-order valence-electron chi connectivity index (χ3n) is 4.28. The van der Waals surface area contributed by atoms with Gasteiger partial charge in [0.25, 0.3) is 0 Å². The number of hydrogen-bond donors (Lipinski definition) is 3. The average Bonchev–Trinajstić information content (AvgIpc) is 2.66. The van der Waals surface area contributed by atoms with Crippen molar-refractivity contribution in [1.29, 1.82) is 0 Å². The quantitative estimate of drug-likeness (QED) is 0.663. The van der Waals surface area contributed by atoms with Crippen molar-refractivity contribution in [3.05, 3.63) is 22.2 Å². The lowest BCUT2D eigenvalue weighted by Crippen LogP contribution is -2.45. The van der Waals surface area contributed by atoms with E-state index in [9.17, 15) is 19.5 Å². The molecule has 0 saturated heterocycles. The molecular formula is C17H21BrN2O5. The van der Waals surface area contributed by atoms with E-state index in [4.69, 9.17) is 5.11 Å². The summed E-state index contributed by atoms with van der Waals surface area (Å²) in [7, 11) is 0. The van der Waals surface area contributed by atoms with Gasteiger partial charge in [-0.05, 0) is 44.9 Å².